The topological polar surface area (TPSA) is 26.3 Å². The Bertz CT molecular complexity index is 579. The van der Waals surface area contributed by atoms with Crippen LogP contribution in [-0.2, 0) is 9.53 Å². The van der Waals surface area contributed by atoms with E-state index in [4.69, 9.17) is 4.74 Å². The van der Waals surface area contributed by atoms with Crippen molar-refractivity contribution in [3.8, 4) is 0 Å². The van der Waals surface area contributed by atoms with Gasteiger partial charge >= 0.3 is 0 Å². The normalized spacial score (nSPS) is 46.7. The highest BCUT2D eigenvalue weighted by Gasteiger charge is 2.60. The van der Waals surface area contributed by atoms with Gasteiger partial charge < -0.3 is 4.74 Å². The Kier molecular flexibility index (Phi) is 5.09. The maximum Gasteiger partial charge on any atom is 0.133 e. The van der Waals surface area contributed by atoms with Crippen LogP contribution in [0.1, 0.15) is 85.0 Å². The van der Waals surface area contributed by atoms with Crippen molar-refractivity contribution in [2.45, 2.75) is 85.0 Å². The van der Waals surface area contributed by atoms with Crippen molar-refractivity contribution < 1.29 is 9.53 Å². The first-order valence-electron chi connectivity index (χ1n) is 11.3. The summed E-state index contributed by atoms with van der Waals surface area (Å²) in [6.07, 6.45) is 14.3. The number of fused-ring (bicyclic) bond motifs is 5. The highest BCUT2D eigenvalue weighted by molar-refractivity contribution is 5.79. The van der Waals surface area contributed by atoms with Crippen molar-refractivity contribution in [2.24, 2.45) is 34.5 Å². The summed E-state index contributed by atoms with van der Waals surface area (Å²) in [5, 5.41) is 0. The van der Waals surface area contributed by atoms with Crippen molar-refractivity contribution in [1.29, 1.82) is 0 Å². The molecule has 4 fully saturated rings. The van der Waals surface area contributed by atoms with Gasteiger partial charge in [0.05, 0.1) is 6.61 Å². The summed E-state index contributed by atoms with van der Waals surface area (Å²) in [6, 6.07) is 0. The minimum absolute atomic E-state index is 0.298. The van der Waals surface area contributed by atoms with E-state index < -0.39 is 0 Å². The summed E-state index contributed by atoms with van der Waals surface area (Å²) in [4.78, 5) is 12.2. The summed E-state index contributed by atoms with van der Waals surface area (Å²) >= 11 is 0. The molecule has 0 bridgehead atoms. The smallest absolute Gasteiger partial charge is 0.133 e. The van der Waals surface area contributed by atoms with E-state index in [0.717, 1.165) is 56.7 Å². The van der Waals surface area contributed by atoms with Crippen molar-refractivity contribution in [3.63, 3.8) is 0 Å². The van der Waals surface area contributed by atoms with Crippen LogP contribution in [0.4, 0.5) is 0 Å². The molecule has 2 heteroatoms. The maximum atomic E-state index is 12.2. The standard InChI is InChI=1S/C24H38O2/c1-4-14-26-16-24-13-10-19(25)15-18(24)6-8-20-21-9-7-17(5-2)23(21,3)12-11-22(20)24/h5,18,20-22H,4,6-16H2,1-3H3/b17-5-. The molecule has 0 aromatic heterocycles. The zero-order valence-electron chi connectivity index (χ0n) is 17.2. The van der Waals surface area contributed by atoms with E-state index in [2.05, 4.69) is 26.8 Å². The Morgan fingerprint density at radius 2 is 1.96 bits per heavy atom. The van der Waals surface area contributed by atoms with Gasteiger partial charge in [0.1, 0.15) is 5.78 Å². The number of ether oxygens (including phenoxy) is 1. The fourth-order valence-electron chi connectivity index (χ4n) is 7.86. The van der Waals surface area contributed by atoms with E-state index in [1.54, 1.807) is 5.57 Å². The molecule has 4 aliphatic carbocycles. The zero-order valence-corrected chi connectivity index (χ0v) is 17.2. The molecule has 2 nitrogen and oxygen atoms in total. The quantitative estimate of drug-likeness (QED) is 0.458. The predicted octanol–water partition coefficient (Wildman–Crippen LogP) is 5.95. The van der Waals surface area contributed by atoms with Crippen LogP contribution >= 0.6 is 0 Å². The van der Waals surface area contributed by atoms with E-state index >= 15 is 0 Å². The van der Waals surface area contributed by atoms with Gasteiger partial charge in [-0.3, -0.25) is 4.79 Å². The molecule has 0 N–H and O–H groups in total. The Labute approximate surface area is 160 Å². The first-order chi connectivity index (χ1) is 12.5. The predicted molar refractivity (Wildman–Crippen MR) is 106 cm³/mol. The molecule has 6 unspecified atom stereocenters. The second-order valence-corrected chi connectivity index (χ2v) is 9.99. The third-order valence-corrected chi connectivity index (χ3v) is 9.10. The SMILES string of the molecule is C/C=C1/CCC2C3CCC4CC(=O)CCC4(COCCC)C3CCC12C. The lowest BCUT2D eigenvalue weighted by molar-refractivity contribution is -0.154. The number of rotatable bonds is 4. The van der Waals surface area contributed by atoms with Crippen molar-refractivity contribution in [1.82, 2.24) is 0 Å². The molecular formula is C24H38O2. The first-order valence-corrected chi connectivity index (χ1v) is 11.3. The van der Waals surface area contributed by atoms with Crippen LogP contribution < -0.4 is 0 Å². The fraction of sp³-hybridized carbons (Fsp3) is 0.875. The molecule has 0 aromatic rings. The van der Waals surface area contributed by atoms with Crippen molar-refractivity contribution >= 4 is 5.78 Å². The monoisotopic (exact) mass is 358 g/mol. The van der Waals surface area contributed by atoms with Crippen LogP contribution in [0.3, 0.4) is 0 Å². The van der Waals surface area contributed by atoms with Crippen LogP contribution in [0.15, 0.2) is 11.6 Å². The Morgan fingerprint density at radius 1 is 1.12 bits per heavy atom. The number of carbonyl (C=O) groups excluding carboxylic acids is 1. The second-order valence-electron chi connectivity index (χ2n) is 9.99. The van der Waals surface area contributed by atoms with Crippen molar-refractivity contribution in [2.75, 3.05) is 13.2 Å². The molecule has 0 amide bonds. The molecular weight excluding hydrogens is 320 g/mol. The van der Waals surface area contributed by atoms with Crippen LogP contribution in [0.5, 0.6) is 0 Å². The number of hydrogen-bond donors (Lipinski definition) is 0. The third kappa shape index (κ3) is 2.74. The molecule has 146 valence electrons. The van der Waals surface area contributed by atoms with Gasteiger partial charge in [-0.2, -0.15) is 0 Å². The number of Topliss-reactive ketones (excluding diaryl/α,β-unsaturated/α-hetero) is 1. The Hall–Kier alpha value is -0.630. The molecule has 0 heterocycles. The van der Waals surface area contributed by atoms with E-state index in [1.807, 2.05) is 0 Å². The lowest BCUT2D eigenvalue weighted by Crippen LogP contribution is -2.56. The average molecular weight is 359 g/mol. The zero-order chi connectivity index (χ0) is 18.4. The first kappa shape index (κ1) is 18.7. The number of hydrogen-bond acceptors (Lipinski definition) is 2. The largest absolute Gasteiger partial charge is 0.381 e. The lowest BCUT2D eigenvalue weighted by Gasteiger charge is -2.60. The molecule has 0 aliphatic heterocycles. The Morgan fingerprint density at radius 3 is 2.73 bits per heavy atom. The Balaban J connectivity index is 1.63. The minimum Gasteiger partial charge on any atom is -0.381 e. The molecule has 4 saturated carbocycles. The van der Waals surface area contributed by atoms with E-state index in [0.29, 0.717) is 22.5 Å². The van der Waals surface area contributed by atoms with E-state index in [9.17, 15) is 4.79 Å². The summed E-state index contributed by atoms with van der Waals surface area (Å²) in [6.45, 7) is 8.81. The molecule has 0 aromatic carbocycles. The average Bonchev–Trinajstić information content (AvgIpc) is 2.98. The van der Waals surface area contributed by atoms with Gasteiger partial charge in [0, 0.05) is 24.9 Å². The van der Waals surface area contributed by atoms with Crippen LogP contribution in [0.2, 0.25) is 0 Å². The van der Waals surface area contributed by atoms with E-state index in [-0.39, 0.29) is 0 Å². The number of allylic oxidation sites excluding steroid dienone is 2. The highest BCUT2D eigenvalue weighted by atomic mass is 16.5. The molecule has 0 spiro atoms. The van der Waals surface area contributed by atoms with Crippen LogP contribution in [0.25, 0.3) is 0 Å². The molecule has 0 saturated heterocycles. The number of carbonyl (C=O) groups is 1. The third-order valence-electron chi connectivity index (χ3n) is 9.10. The van der Waals surface area contributed by atoms with Gasteiger partial charge in [0.2, 0.25) is 0 Å². The molecule has 6 atom stereocenters. The molecule has 0 radical (unpaired) electrons. The van der Waals surface area contributed by atoms with Crippen molar-refractivity contribution in [3.05, 3.63) is 11.6 Å². The molecule has 4 aliphatic rings. The van der Waals surface area contributed by atoms with Gasteiger partial charge in [0.25, 0.3) is 0 Å². The van der Waals surface area contributed by atoms with Gasteiger partial charge in [-0.1, -0.05) is 25.5 Å². The summed E-state index contributed by atoms with van der Waals surface area (Å²) in [5.74, 6) is 3.63. The minimum atomic E-state index is 0.298. The highest BCUT2D eigenvalue weighted by Crippen LogP contribution is 2.67. The van der Waals surface area contributed by atoms with Gasteiger partial charge in [-0.05, 0) is 87.4 Å². The lowest BCUT2D eigenvalue weighted by atomic mass is 9.44. The van der Waals surface area contributed by atoms with Gasteiger partial charge in [-0.25, -0.2) is 0 Å². The summed E-state index contributed by atoms with van der Waals surface area (Å²) in [7, 11) is 0. The molecule has 4 rings (SSSR count). The number of ketones is 1. The second kappa shape index (κ2) is 7.08. The van der Waals surface area contributed by atoms with Crippen LogP contribution in [-0.4, -0.2) is 19.0 Å². The van der Waals surface area contributed by atoms with E-state index in [1.165, 1.54) is 38.5 Å². The fourth-order valence-corrected chi connectivity index (χ4v) is 7.86. The van der Waals surface area contributed by atoms with Crippen LogP contribution in [0, 0.1) is 34.5 Å². The summed E-state index contributed by atoms with van der Waals surface area (Å²) in [5.41, 5.74) is 2.49. The van der Waals surface area contributed by atoms with Gasteiger partial charge in [-0.15, -0.1) is 0 Å². The maximum absolute atomic E-state index is 12.2. The van der Waals surface area contributed by atoms with Gasteiger partial charge in [0.15, 0.2) is 0 Å². The molecule has 26 heavy (non-hydrogen) atoms. The summed E-state index contributed by atoms with van der Waals surface area (Å²) < 4.78 is 6.22.